The van der Waals surface area contributed by atoms with E-state index in [1.807, 2.05) is 6.92 Å². The Morgan fingerprint density at radius 2 is 2.37 bits per heavy atom. The van der Waals surface area contributed by atoms with Crippen LogP contribution in [0.2, 0.25) is 0 Å². The minimum Gasteiger partial charge on any atom is -0.497 e. The lowest BCUT2D eigenvalue weighted by Gasteiger charge is -2.15. The van der Waals surface area contributed by atoms with Crippen LogP contribution in [0, 0.1) is 0 Å². The molecule has 0 radical (unpaired) electrons. The molecule has 0 saturated heterocycles. The number of aromatic amines is 1. The van der Waals surface area contributed by atoms with Gasteiger partial charge in [0, 0.05) is 18.0 Å². The normalized spacial score (nSPS) is 11.9. The van der Waals surface area contributed by atoms with Crippen LogP contribution < -0.4 is 10.1 Å². The smallest absolute Gasteiger partial charge is 0.252 e. The molecule has 5 nitrogen and oxygen atoms in total. The van der Waals surface area contributed by atoms with E-state index in [4.69, 9.17) is 4.74 Å². The molecule has 2 rings (SSSR count). The second kappa shape index (κ2) is 6.04. The second-order valence-corrected chi connectivity index (χ2v) is 4.14. The van der Waals surface area contributed by atoms with Crippen LogP contribution in [0.3, 0.4) is 0 Å². The number of methoxy groups -OCH3 is 1. The number of nitrogens with one attached hydrogen (secondary N) is 2. The molecule has 0 saturated carbocycles. The van der Waals surface area contributed by atoms with E-state index >= 15 is 0 Å². The Morgan fingerprint density at radius 3 is 3.00 bits per heavy atom. The lowest BCUT2D eigenvalue weighted by atomic mass is 10.1. The molecule has 19 heavy (non-hydrogen) atoms. The Morgan fingerprint density at radius 1 is 1.53 bits per heavy atom. The Balaban J connectivity index is 2.11. The molecule has 2 aromatic rings. The van der Waals surface area contributed by atoms with Gasteiger partial charge in [-0.2, -0.15) is 0 Å². The summed E-state index contributed by atoms with van der Waals surface area (Å²) in [4.78, 5) is 19.4. The fraction of sp³-hybridized carbons (Fsp3) is 0.286. The van der Waals surface area contributed by atoms with Gasteiger partial charge < -0.3 is 15.0 Å². The summed E-state index contributed by atoms with van der Waals surface area (Å²) in [5.41, 5.74) is 0.573. The van der Waals surface area contributed by atoms with Gasteiger partial charge in [0.25, 0.3) is 5.91 Å². The molecule has 1 unspecified atom stereocenters. The van der Waals surface area contributed by atoms with Gasteiger partial charge in [-0.3, -0.25) is 4.79 Å². The number of rotatable bonds is 5. The summed E-state index contributed by atoms with van der Waals surface area (Å²) in [5, 5.41) is 2.95. The highest BCUT2D eigenvalue weighted by atomic mass is 16.5. The van der Waals surface area contributed by atoms with E-state index in [1.54, 1.807) is 43.8 Å². The Kier molecular flexibility index (Phi) is 4.18. The third-order valence-corrected chi connectivity index (χ3v) is 2.89. The van der Waals surface area contributed by atoms with E-state index in [1.165, 1.54) is 0 Å². The van der Waals surface area contributed by atoms with Crippen molar-refractivity contribution < 1.29 is 9.53 Å². The number of H-pyrrole nitrogens is 1. The summed E-state index contributed by atoms with van der Waals surface area (Å²) in [5.74, 6) is 1.29. The molecule has 2 N–H and O–H groups in total. The number of carbonyl (C=O) groups is 1. The molecule has 1 atom stereocenters. The monoisotopic (exact) mass is 259 g/mol. The first kappa shape index (κ1) is 13.1. The van der Waals surface area contributed by atoms with E-state index in [2.05, 4.69) is 15.3 Å². The third-order valence-electron chi connectivity index (χ3n) is 2.89. The van der Waals surface area contributed by atoms with Crippen molar-refractivity contribution in [1.82, 2.24) is 15.3 Å². The van der Waals surface area contributed by atoms with Crippen molar-refractivity contribution in [2.75, 3.05) is 7.11 Å². The minimum atomic E-state index is -0.137. The van der Waals surface area contributed by atoms with Crippen molar-refractivity contribution in [2.45, 2.75) is 19.4 Å². The lowest BCUT2D eigenvalue weighted by molar-refractivity contribution is 0.0933. The summed E-state index contributed by atoms with van der Waals surface area (Å²) in [6.45, 7) is 2.00. The van der Waals surface area contributed by atoms with Crippen molar-refractivity contribution in [3.8, 4) is 5.75 Å². The van der Waals surface area contributed by atoms with Gasteiger partial charge in [0.15, 0.2) is 0 Å². The van der Waals surface area contributed by atoms with Crippen LogP contribution in [0.5, 0.6) is 5.75 Å². The van der Waals surface area contributed by atoms with E-state index in [0.29, 0.717) is 11.3 Å². The average Bonchev–Trinajstić information content (AvgIpc) is 2.98. The zero-order valence-electron chi connectivity index (χ0n) is 11.0. The van der Waals surface area contributed by atoms with Crippen molar-refractivity contribution in [1.29, 1.82) is 0 Å². The summed E-state index contributed by atoms with van der Waals surface area (Å²) < 4.78 is 5.11. The maximum atomic E-state index is 12.2. The zero-order valence-corrected chi connectivity index (χ0v) is 11.0. The van der Waals surface area contributed by atoms with Crippen LogP contribution in [-0.2, 0) is 0 Å². The first-order valence-corrected chi connectivity index (χ1v) is 6.18. The van der Waals surface area contributed by atoms with E-state index in [9.17, 15) is 4.79 Å². The quantitative estimate of drug-likeness (QED) is 0.865. The number of imidazole rings is 1. The molecule has 5 heteroatoms. The van der Waals surface area contributed by atoms with E-state index in [0.717, 1.165) is 12.2 Å². The van der Waals surface area contributed by atoms with Crippen LogP contribution in [0.1, 0.15) is 35.6 Å². The van der Waals surface area contributed by atoms with Gasteiger partial charge in [-0.15, -0.1) is 0 Å². The number of amides is 1. The number of hydrogen-bond acceptors (Lipinski definition) is 3. The van der Waals surface area contributed by atoms with Gasteiger partial charge in [-0.1, -0.05) is 13.0 Å². The van der Waals surface area contributed by atoms with Crippen molar-refractivity contribution in [3.05, 3.63) is 48.0 Å². The molecule has 0 fully saturated rings. The number of nitrogens with zero attached hydrogens (tertiary/aromatic N) is 1. The van der Waals surface area contributed by atoms with Crippen LogP contribution in [0.15, 0.2) is 36.7 Å². The first-order valence-electron chi connectivity index (χ1n) is 6.18. The molecule has 100 valence electrons. The fourth-order valence-electron chi connectivity index (χ4n) is 1.84. The van der Waals surface area contributed by atoms with Gasteiger partial charge in [-0.25, -0.2) is 4.98 Å². The lowest BCUT2D eigenvalue weighted by Crippen LogP contribution is -2.28. The number of aromatic nitrogens is 2. The molecule has 1 amide bonds. The van der Waals surface area contributed by atoms with Gasteiger partial charge >= 0.3 is 0 Å². The summed E-state index contributed by atoms with van der Waals surface area (Å²) in [6, 6.07) is 6.95. The maximum absolute atomic E-state index is 12.2. The molecule has 1 aromatic carbocycles. The molecular weight excluding hydrogens is 242 g/mol. The number of ether oxygens (including phenoxy) is 1. The SMILES string of the molecule is CCC(NC(=O)c1cccc(OC)c1)c1ncc[nH]1. The summed E-state index contributed by atoms with van der Waals surface area (Å²) in [6.07, 6.45) is 4.19. The molecule has 0 aliphatic carbocycles. The Hall–Kier alpha value is -2.30. The molecular formula is C14H17N3O2. The van der Waals surface area contributed by atoms with Crippen LogP contribution in [0.4, 0.5) is 0 Å². The van der Waals surface area contributed by atoms with Crippen LogP contribution >= 0.6 is 0 Å². The number of carbonyl (C=O) groups excluding carboxylic acids is 1. The van der Waals surface area contributed by atoms with Gasteiger partial charge in [0.1, 0.15) is 11.6 Å². The van der Waals surface area contributed by atoms with Crippen molar-refractivity contribution >= 4 is 5.91 Å². The standard InChI is InChI=1S/C14H17N3O2/c1-3-12(13-15-7-8-16-13)17-14(18)10-5-4-6-11(9-10)19-2/h4-9,12H,3H2,1-2H3,(H,15,16)(H,17,18). The molecule has 1 heterocycles. The van der Waals surface area contributed by atoms with Gasteiger partial charge in [0.05, 0.1) is 13.2 Å². The van der Waals surface area contributed by atoms with Crippen molar-refractivity contribution in [3.63, 3.8) is 0 Å². The minimum absolute atomic E-state index is 0.117. The predicted molar refractivity (Wildman–Crippen MR) is 72.1 cm³/mol. The van der Waals surface area contributed by atoms with Gasteiger partial charge in [0.2, 0.25) is 0 Å². The van der Waals surface area contributed by atoms with E-state index in [-0.39, 0.29) is 11.9 Å². The van der Waals surface area contributed by atoms with Crippen molar-refractivity contribution in [2.24, 2.45) is 0 Å². The maximum Gasteiger partial charge on any atom is 0.252 e. The van der Waals surface area contributed by atoms with Crippen LogP contribution in [-0.4, -0.2) is 23.0 Å². The zero-order chi connectivity index (χ0) is 13.7. The molecule has 0 spiro atoms. The largest absolute Gasteiger partial charge is 0.497 e. The van der Waals surface area contributed by atoms with Gasteiger partial charge in [-0.05, 0) is 24.6 Å². The summed E-state index contributed by atoms with van der Waals surface area (Å²) in [7, 11) is 1.58. The fourth-order valence-corrected chi connectivity index (χ4v) is 1.84. The highest BCUT2D eigenvalue weighted by Crippen LogP contribution is 2.15. The predicted octanol–water partition coefficient (Wildman–Crippen LogP) is 2.30. The Labute approximate surface area is 112 Å². The molecule has 0 aliphatic heterocycles. The topological polar surface area (TPSA) is 67.0 Å². The number of hydrogen-bond donors (Lipinski definition) is 2. The molecule has 0 aliphatic rings. The third kappa shape index (κ3) is 3.13. The highest BCUT2D eigenvalue weighted by molar-refractivity contribution is 5.94. The average molecular weight is 259 g/mol. The van der Waals surface area contributed by atoms with Crippen LogP contribution in [0.25, 0.3) is 0 Å². The highest BCUT2D eigenvalue weighted by Gasteiger charge is 2.16. The molecule has 1 aromatic heterocycles. The summed E-state index contributed by atoms with van der Waals surface area (Å²) >= 11 is 0. The van der Waals surface area contributed by atoms with E-state index < -0.39 is 0 Å². The number of benzene rings is 1. The second-order valence-electron chi connectivity index (χ2n) is 4.14. The first-order chi connectivity index (χ1) is 9.24. The Bertz CT molecular complexity index is 537. The molecule has 0 bridgehead atoms.